The summed E-state index contributed by atoms with van der Waals surface area (Å²) in [7, 11) is 3.82. The normalized spacial score (nSPS) is 20.5. The first-order chi connectivity index (χ1) is 15.7. The van der Waals surface area contributed by atoms with Crippen LogP contribution in [-0.2, 0) is 23.9 Å². The van der Waals surface area contributed by atoms with Gasteiger partial charge in [0.15, 0.2) is 5.84 Å². The van der Waals surface area contributed by atoms with E-state index in [0.717, 1.165) is 19.8 Å². The van der Waals surface area contributed by atoms with E-state index in [-0.39, 0.29) is 5.84 Å². The molecular weight excluding hydrogens is 471 g/mol. The molecule has 0 amide bonds. The minimum absolute atomic E-state index is 0.262. The van der Waals surface area contributed by atoms with Crippen LogP contribution in [0.4, 0.5) is 11.4 Å². The third-order valence-corrected chi connectivity index (χ3v) is 5.92. The number of fused-ring (bicyclic) bond motifs is 3. The third kappa shape index (κ3) is 3.63. The molecular formula is C22H18Cl2N4O5. The zero-order valence-electron chi connectivity index (χ0n) is 17.8. The number of carbonyl (C=O) groups excluding carboxylic acids is 3. The lowest BCUT2D eigenvalue weighted by molar-refractivity contribution is -0.158. The van der Waals surface area contributed by atoms with Gasteiger partial charge in [-0.25, -0.2) is 14.6 Å². The summed E-state index contributed by atoms with van der Waals surface area (Å²) in [4.78, 5) is 44.4. The van der Waals surface area contributed by atoms with Gasteiger partial charge in [-0.2, -0.15) is 5.10 Å². The smallest absolute Gasteiger partial charge is 0.377 e. The Morgan fingerprint density at radius 2 is 1.76 bits per heavy atom. The highest BCUT2D eigenvalue weighted by molar-refractivity contribution is 6.48. The van der Waals surface area contributed by atoms with Gasteiger partial charge >= 0.3 is 11.9 Å². The van der Waals surface area contributed by atoms with E-state index in [4.69, 9.17) is 27.9 Å². The van der Waals surface area contributed by atoms with E-state index in [2.05, 4.69) is 14.8 Å². The maximum absolute atomic E-state index is 13.1. The number of hydrogen-bond donors (Lipinski definition) is 0. The number of amidine groups is 1. The molecule has 2 atom stereocenters. The lowest BCUT2D eigenvalue weighted by Gasteiger charge is -2.21. The van der Waals surface area contributed by atoms with E-state index >= 15 is 0 Å². The second-order valence-electron chi connectivity index (χ2n) is 7.27. The maximum Gasteiger partial charge on any atom is 0.377 e. The van der Waals surface area contributed by atoms with Crippen LogP contribution in [0, 0.1) is 0 Å². The van der Waals surface area contributed by atoms with E-state index in [1.54, 1.807) is 55.7 Å². The Morgan fingerprint density at radius 3 is 2.39 bits per heavy atom. The van der Waals surface area contributed by atoms with Crippen LogP contribution in [0.1, 0.15) is 5.56 Å². The highest BCUT2D eigenvalue weighted by atomic mass is 35.5. The molecule has 0 saturated carbocycles. The van der Waals surface area contributed by atoms with Crippen molar-refractivity contribution in [3.63, 3.8) is 0 Å². The Bertz CT molecular complexity index is 1210. The molecule has 1 saturated heterocycles. The molecule has 0 bridgehead atoms. The standard InChI is InChI=1S/C22H18Cl2N4O5/c1-27(25-11-12-4-6-13(23)7-5-12)19-17-22(21(31)33-3,18(29)20(30)32-2)28(17)16-10-14(24)8-9-15(16)26-19/h4-11,17H,1-3H3/b25-11+. The number of ether oxygens (including phenoxy) is 2. The summed E-state index contributed by atoms with van der Waals surface area (Å²) in [6.07, 6.45) is 1.57. The number of anilines is 1. The van der Waals surface area contributed by atoms with Gasteiger partial charge in [0, 0.05) is 17.1 Å². The summed E-state index contributed by atoms with van der Waals surface area (Å²) in [5.41, 5.74) is -0.357. The summed E-state index contributed by atoms with van der Waals surface area (Å²) >= 11 is 12.1. The molecule has 170 valence electrons. The van der Waals surface area contributed by atoms with Crippen LogP contribution in [0.25, 0.3) is 0 Å². The number of hydrazone groups is 1. The molecule has 2 aliphatic heterocycles. The second-order valence-corrected chi connectivity index (χ2v) is 8.15. The number of aliphatic imine (C=N–C) groups is 1. The maximum atomic E-state index is 13.1. The number of rotatable bonds is 5. The number of ketones is 1. The molecule has 11 heteroatoms. The number of halogens is 2. The summed E-state index contributed by atoms with van der Waals surface area (Å²) < 4.78 is 9.55. The van der Waals surface area contributed by atoms with Gasteiger partial charge in [-0.3, -0.25) is 9.80 Å². The van der Waals surface area contributed by atoms with E-state index in [0.29, 0.717) is 21.4 Å². The van der Waals surface area contributed by atoms with Crippen molar-refractivity contribution >= 4 is 64.3 Å². The third-order valence-electron chi connectivity index (χ3n) is 5.44. The Hall–Kier alpha value is -3.43. The Morgan fingerprint density at radius 1 is 1.09 bits per heavy atom. The number of hydrogen-bond acceptors (Lipinski definition) is 9. The van der Waals surface area contributed by atoms with Crippen molar-refractivity contribution in [1.29, 1.82) is 0 Å². The molecule has 2 heterocycles. The zero-order valence-corrected chi connectivity index (χ0v) is 19.3. The van der Waals surface area contributed by atoms with Crippen molar-refractivity contribution in [2.45, 2.75) is 11.6 Å². The number of benzene rings is 2. The monoisotopic (exact) mass is 488 g/mol. The van der Waals surface area contributed by atoms with Gasteiger partial charge in [0.2, 0.25) is 5.54 Å². The van der Waals surface area contributed by atoms with E-state index in [9.17, 15) is 14.4 Å². The van der Waals surface area contributed by atoms with Crippen molar-refractivity contribution in [3.8, 4) is 0 Å². The van der Waals surface area contributed by atoms with Crippen molar-refractivity contribution in [1.82, 2.24) is 5.01 Å². The molecule has 0 N–H and O–H groups in total. The van der Waals surface area contributed by atoms with Crippen LogP contribution in [0.2, 0.25) is 10.0 Å². The fourth-order valence-electron chi connectivity index (χ4n) is 3.84. The van der Waals surface area contributed by atoms with Crippen LogP contribution >= 0.6 is 23.2 Å². The molecule has 0 aliphatic carbocycles. The van der Waals surface area contributed by atoms with E-state index in [1.165, 1.54) is 9.91 Å². The topological polar surface area (TPSA) is 101 Å². The van der Waals surface area contributed by atoms with Gasteiger partial charge < -0.3 is 14.4 Å². The minimum atomic E-state index is -1.99. The summed E-state index contributed by atoms with van der Waals surface area (Å²) in [6, 6.07) is 10.9. The van der Waals surface area contributed by atoms with Crippen LogP contribution in [-0.4, -0.2) is 67.6 Å². The van der Waals surface area contributed by atoms with Crippen molar-refractivity contribution < 1.29 is 23.9 Å². The van der Waals surface area contributed by atoms with Gasteiger partial charge in [0.25, 0.3) is 5.78 Å². The summed E-state index contributed by atoms with van der Waals surface area (Å²) in [6.45, 7) is 0. The van der Waals surface area contributed by atoms with Gasteiger partial charge in [-0.1, -0.05) is 35.3 Å². The summed E-state index contributed by atoms with van der Waals surface area (Å²) in [5.74, 6) is -2.90. The fourth-order valence-corrected chi connectivity index (χ4v) is 4.14. The SMILES string of the molecule is COC(=O)C(=O)C1(C(=O)OC)C2C(N(C)/N=C/c3ccc(Cl)cc3)=Nc3ccc(Cl)cc3N21. The van der Waals surface area contributed by atoms with Crippen molar-refractivity contribution in [2.75, 3.05) is 26.2 Å². The molecule has 33 heavy (non-hydrogen) atoms. The number of Topliss-reactive ketones (excluding diaryl/α,β-unsaturated/α-hetero) is 1. The molecule has 0 aromatic heterocycles. The molecule has 9 nitrogen and oxygen atoms in total. The second kappa shape index (κ2) is 8.49. The van der Waals surface area contributed by atoms with Gasteiger partial charge in [-0.15, -0.1) is 0 Å². The fraction of sp³-hybridized carbons (Fsp3) is 0.227. The van der Waals surface area contributed by atoms with E-state index in [1.807, 2.05) is 0 Å². The molecule has 2 aliphatic rings. The highest BCUT2D eigenvalue weighted by Crippen LogP contribution is 2.55. The van der Waals surface area contributed by atoms with Gasteiger partial charge in [-0.05, 0) is 35.9 Å². The largest absolute Gasteiger partial charge is 0.467 e. The number of likely N-dealkylation sites (N-methyl/N-ethyl adjacent to an activating group) is 1. The first-order valence-electron chi connectivity index (χ1n) is 9.67. The lowest BCUT2D eigenvalue weighted by atomic mass is 9.98. The van der Waals surface area contributed by atoms with Crippen LogP contribution in [0.5, 0.6) is 0 Å². The quantitative estimate of drug-likeness (QED) is 0.159. The number of carbonyl (C=O) groups is 3. The first kappa shape index (κ1) is 22.8. The lowest BCUT2D eigenvalue weighted by Crippen LogP contribution is -2.46. The molecule has 4 rings (SSSR count). The predicted octanol–water partition coefficient (Wildman–Crippen LogP) is 2.85. The molecule has 0 spiro atoms. The van der Waals surface area contributed by atoms with Crippen molar-refractivity contribution in [2.24, 2.45) is 10.1 Å². The Balaban J connectivity index is 1.81. The van der Waals surface area contributed by atoms with Crippen molar-refractivity contribution in [3.05, 3.63) is 58.1 Å². The zero-order chi connectivity index (χ0) is 23.9. The minimum Gasteiger partial charge on any atom is -0.467 e. The molecule has 2 aromatic rings. The number of esters is 2. The van der Waals surface area contributed by atoms with Crippen LogP contribution < -0.4 is 4.90 Å². The Kier molecular flexibility index (Phi) is 5.85. The predicted molar refractivity (Wildman–Crippen MR) is 123 cm³/mol. The van der Waals surface area contributed by atoms with E-state index < -0.39 is 29.3 Å². The van der Waals surface area contributed by atoms with Gasteiger partial charge in [0.1, 0.15) is 6.04 Å². The number of nitrogens with zero attached hydrogens (tertiary/aromatic N) is 4. The average Bonchev–Trinajstić information content (AvgIpc) is 3.53. The molecule has 0 radical (unpaired) electrons. The van der Waals surface area contributed by atoms with Gasteiger partial charge in [0.05, 0.1) is 31.8 Å². The average molecular weight is 489 g/mol. The summed E-state index contributed by atoms with van der Waals surface area (Å²) in [5, 5.41) is 6.78. The molecule has 2 aromatic carbocycles. The number of methoxy groups -OCH3 is 2. The Labute approximate surface area is 199 Å². The first-order valence-corrected chi connectivity index (χ1v) is 10.4. The van der Waals surface area contributed by atoms with Crippen LogP contribution in [0.15, 0.2) is 52.6 Å². The van der Waals surface area contributed by atoms with Crippen LogP contribution in [0.3, 0.4) is 0 Å². The molecule has 2 unspecified atom stereocenters. The highest BCUT2D eigenvalue weighted by Gasteiger charge is 2.79. The molecule has 1 fully saturated rings.